The molecular formula is C18H20Cl2FN5O8P2. The molecule has 13 nitrogen and oxygen atoms in total. The summed E-state index contributed by atoms with van der Waals surface area (Å²) in [6.07, 6.45) is -5.52. The van der Waals surface area contributed by atoms with E-state index in [1.165, 1.54) is 10.9 Å². The van der Waals surface area contributed by atoms with E-state index in [1.807, 2.05) is 6.07 Å². The van der Waals surface area contributed by atoms with Gasteiger partial charge in [0.2, 0.25) is 5.28 Å². The van der Waals surface area contributed by atoms with Crippen LogP contribution in [-0.2, 0) is 24.9 Å². The number of benzene rings is 1. The van der Waals surface area contributed by atoms with Gasteiger partial charge in [0.05, 0.1) is 12.9 Å². The summed E-state index contributed by atoms with van der Waals surface area (Å²) in [4.78, 5) is 39.8. The number of nitrogens with one attached hydrogen (secondary N) is 1. The summed E-state index contributed by atoms with van der Waals surface area (Å²) in [5, 5.41) is 13.7. The van der Waals surface area contributed by atoms with E-state index < -0.39 is 52.3 Å². The van der Waals surface area contributed by atoms with E-state index in [0.717, 1.165) is 5.56 Å². The predicted octanol–water partition coefficient (Wildman–Crippen LogP) is 2.68. The normalized spacial score (nSPS) is 24.2. The van der Waals surface area contributed by atoms with E-state index in [9.17, 15) is 23.5 Å². The highest BCUT2D eigenvalue weighted by atomic mass is 35.5. The first-order valence-corrected chi connectivity index (χ1v) is 14.5. The zero-order valence-corrected chi connectivity index (χ0v) is 21.4. The van der Waals surface area contributed by atoms with Crippen LogP contribution in [0.3, 0.4) is 0 Å². The minimum atomic E-state index is -4.86. The molecule has 196 valence electrons. The van der Waals surface area contributed by atoms with Crippen molar-refractivity contribution in [1.82, 2.24) is 19.5 Å². The molecule has 5 atom stereocenters. The number of aliphatic hydroxyl groups is 1. The van der Waals surface area contributed by atoms with Gasteiger partial charge in [0.15, 0.2) is 35.3 Å². The maximum absolute atomic E-state index is 15.0. The lowest BCUT2D eigenvalue weighted by molar-refractivity contribution is -0.0425. The van der Waals surface area contributed by atoms with Crippen molar-refractivity contribution in [3.63, 3.8) is 0 Å². The lowest BCUT2D eigenvalue weighted by atomic mass is 10.1. The van der Waals surface area contributed by atoms with Crippen LogP contribution in [0.5, 0.6) is 0 Å². The summed E-state index contributed by atoms with van der Waals surface area (Å²) >= 11 is 12.1. The van der Waals surface area contributed by atoms with Gasteiger partial charge in [-0.05, 0) is 29.3 Å². The number of aromatic nitrogens is 4. The van der Waals surface area contributed by atoms with Gasteiger partial charge in [-0.1, -0.05) is 23.7 Å². The summed E-state index contributed by atoms with van der Waals surface area (Å²) in [5.74, 6) is -1.19. The molecule has 0 saturated carbocycles. The van der Waals surface area contributed by atoms with Gasteiger partial charge in [-0.2, -0.15) is 9.97 Å². The van der Waals surface area contributed by atoms with Gasteiger partial charge in [0.1, 0.15) is 12.2 Å². The van der Waals surface area contributed by atoms with Crippen molar-refractivity contribution in [3.8, 4) is 0 Å². The molecule has 0 bridgehead atoms. The average Bonchev–Trinajstić information content (AvgIpc) is 3.30. The predicted molar refractivity (Wildman–Crippen MR) is 127 cm³/mol. The number of rotatable bonds is 9. The number of nitrogens with zero attached hydrogens (tertiary/aromatic N) is 4. The molecular weight excluding hydrogens is 566 g/mol. The number of hydrogen-bond acceptors (Lipinski definition) is 9. The van der Waals surface area contributed by atoms with Crippen LogP contribution in [0.1, 0.15) is 11.8 Å². The van der Waals surface area contributed by atoms with Crippen LogP contribution in [0.25, 0.3) is 11.2 Å². The topological polar surface area (TPSA) is 189 Å². The standard InChI is InChI=1S/C18H20Cl2FN5O8P2/c19-10-3-1-2-9(4-10)5-22-15-13-16(25-18(20)24-15)26(7-23-13)17-12(21)14(27)11(34-17)6-33-36(31,32)8-35(28,29)30/h1-4,7,11-12,14,17,27H,5-6,8H2,(H,31,32)(H,22,24,25)(H2,28,29,30)/t11?,12-,14?,17+/m0/s1. The molecule has 5 N–H and O–H groups in total. The molecule has 3 aromatic rings. The third-order valence-electron chi connectivity index (χ3n) is 5.11. The van der Waals surface area contributed by atoms with Crippen LogP contribution in [0, 0.1) is 0 Å². The van der Waals surface area contributed by atoms with E-state index in [0.29, 0.717) is 11.6 Å². The smallest absolute Gasteiger partial charge is 0.340 e. The summed E-state index contributed by atoms with van der Waals surface area (Å²) in [5.41, 5.74) is 1.16. The Morgan fingerprint density at radius 2 is 1.97 bits per heavy atom. The second-order valence-corrected chi connectivity index (χ2v) is 12.7. The minimum Gasteiger partial charge on any atom is -0.387 e. The Balaban J connectivity index is 1.52. The van der Waals surface area contributed by atoms with E-state index in [1.54, 1.807) is 18.2 Å². The SMILES string of the molecule is O=P(O)(O)CP(=O)(O)OCC1O[C@@H](n2cnc3c(NCc4cccc(Cl)c4)nc(Cl)nc32)[C@@H](F)C1O. The Hall–Kier alpha value is -1.70. The van der Waals surface area contributed by atoms with Crippen LogP contribution in [0.15, 0.2) is 30.6 Å². The van der Waals surface area contributed by atoms with E-state index in [2.05, 4.69) is 24.8 Å². The Morgan fingerprint density at radius 3 is 2.67 bits per heavy atom. The molecule has 1 aliphatic rings. The van der Waals surface area contributed by atoms with E-state index in [-0.39, 0.29) is 22.3 Å². The zero-order valence-electron chi connectivity index (χ0n) is 18.1. The average molecular weight is 586 g/mol. The van der Waals surface area contributed by atoms with Crippen molar-refractivity contribution in [2.45, 2.75) is 31.2 Å². The summed E-state index contributed by atoms with van der Waals surface area (Å²) < 4.78 is 49.2. The van der Waals surface area contributed by atoms with Crippen LogP contribution < -0.4 is 5.32 Å². The molecule has 0 amide bonds. The van der Waals surface area contributed by atoms with Crippen LogP contribution >= 0.6 is 38.4 Å². The maximum Gasteiger partial charge on any atom is 0.340 e. The zero-order chi connectivity index (χ0) is 26.3. The Bertz CT molecular complexity index is 1360. The first kappa shape index (κ1) is 27.3. The summed E-state index contributed by atoms with van der Waals surface area (Å²) in [6, 6.07) is 7.10. The molecule has 2 aromatic heterocycles. The summed E-state index contributed by atoms with van der Waals surface area (Å²) in [7, 11) is -9.59. The molecule has 18 heteroatoms. The highest BCUT2D eigenvalue weighted by molar-refractivity contribution is 7.70. The molecule has 3 heterocycles. The molecule has 3 unspecified atom stereocenters. The third kappa shape index (κ3) is 6.40. The van der Waals surface area contributed by atoms with Crippen molar-refractivity contribution in [2.75, 3.05) is 17.8 Å². The Kier molecular flexibility index (Phi) is 8.04. The van der Waals surface area contributed by atoms with Crippen LogP contribution in [0.2, 0.25) is 10.3 Å². The fraction of sp³-hybridized carbons (Fsp3) is 0.389. The fourth-order valence-corrected chi connectivity index (χ4v) is 6.51. The fourth-order valence-electron chi connectivity index (χ4n) is 3.56. The molecule has 4 rings (SSSR count). The molecule has 1 aromatic carbocycles. The summed E-state index contributed by atoms with van der Waals surface area (Å²) in [6.45, 7) is -0.490. The molecule has 1 fully saturated rings. The van der Waals surface area contributed by atoms with Crippen LogP contribution in [0.4, 0.5) is 10.2 Å². The second-order valence-electron chi connectivity index (χ2n) is 7.89. The van der Waals surface area contributed by atoms with Gasteiger partial charge >= 0.3 is 15.2 Å². The van der Waals surface area contributed by atoms with Gasteiger partial charge in [-0.25, -0.2) is 9.37 Å². The monoisotopic (exact) mass is 585 g/mol. The quantitative estimate of drug-likeness (QED) is 0.182. The van der Waals surface area contributed by atoms with Gasteiger partial charge in [-0.3, -0.25) is 13.7 Å². The van der Waals surface area contributed by atoms with Crippen LogP contribution in [-0.4, -0.2) is 70.2 Å². The maximum atomic E-state index is 15.0. The number of anilines is 1. The van der Waals surface area contributed by atoms with Crippen molar-refractivity contribution >= 4 is 55.4 Å². The van der Waals surface area contributed by atoms with Crippen molar-refractivity contribution in [3.05, 3.63) is 46.5 Å². The molecule has 1 aliphatic heterocycles. The molecule has 0 aliphatic carbocycles. The van der Waals surface area contributed by atoms with Crippen molar-refractivity contribution < 1.29 is 42.6 Å². The minimum absolute atomic E-state index is 0.0827. The first-order chi connectivity index (χ1) is 16.8. The van der Waals surface area contributed by atoms with Gasteiger partial charge < -0.3 is 34.4 Å². The van der Waals surface area contributed by atoms with Crippen molar-refractivity contribution in [1.29, 1.82) is 0 Å². The number of fused-ring (bicyclic) bond motifs is 1. The highest BCUT2D eigenvalue weighted by Crippen LogP contribution is 2.55. The first-order valence-electron chi connectivity index (χ1n) is 10.2. The number of ether oxygens (including phenoxy) is 1. The number of alkyl halides is 1. The van der Waals surface area contributed by atoms with Gasteiger partial charge in [-0.15, -0.1) is 0 Å². The lowest BCUT2D eigenvalue weighted by Gasteiger charge is -2.18. The lowest BCUT2D eigenvalue weighted by Crippen LogP contribution is -2.31. The molecule has 0 spiro atoms. The van der Waals surface area contributed by atoms with Gasteiger partial charge in [0, 0.05) is 11.6 Å². The second kappa shape index (κ2) is 10.6. The molecule has 1 saturated heterocycles. The molecule has 36 heavy (non-hydrogen) atoms. The Labute approximate surface area is 212 Å². The van der Waals surface area contributed by atoms with Crippen molar-refractivity contribution in [2.24, 2.45) is 0 Å². The number of aliphatic hydroxyl groups excluding tert-OH is 1. The number of halogens is 3. The largest absolute Gasteiger partial charge is 0.387 e. The number of hydrogen-bond donors (Lipinski definition) is 5. The van der Waals surface area contributed by atoms with E-state index >= 15 is 0 Å². The van der Waals surface area contributed by atoms with E-state index in [4.69, 9.17) is 37.7 Å². The molecule has 0 radical (unpaired) electrons. The number of imidazole rings is 1. The third-order valence-corrected chi connectivity index (χ3v) is 8.97. The van der Waals surface area contributed by atoms with Gasteiger partial charge in [0.25, 0.3) is 0 Å². The Morgan fingerprint density at radius 1 is 1.22 bits per heavy atom. The highest BCUT2D eigenvalue weighted by Gasteiger charge is 2.47.